The van der Waals surface area contributed by atoms with Gasteiger partial charge in [-0.2, -0.15) is 0 Å². The Hall–Kier alpha value is -2.78. The van der Waals surface area contributed by atoms with E-state index in [4.69, 9.17) is 34.8 Å². The molecule has 2 amide bonds. The SMILES string of the molecule is CCC(C)NC(=O)C(C)N(Cc1ccc(Cl)c(Cl)c1)C(=O)CN(c1ccccc1Cl)S(=O)(=O)c1ccccc1. The first-order chi connectivity index (χ1) is 18.4. The number of para-hydroxylation sites is 1. The highest BCUT2D eigenvalue weighted by Gasteiger charge is 2.33. The molecule has 0 bridgehead atoms. The zero-order chi connectivity index (χ0) is 28.7. The summed E-state index contributed by atoms with van der Waals surface area (Å²) in [4.78, 5) is 28.3. The zero-order valence-corrected chi connectivity index (χ0v) is 24.9. The van der Waals surface area contributed by atoms with Crippen LogP contribution in [0.2, 0.25) is 15.1 Å². The molecular formula is C28H30Cl3N3O4S. The summed E-state index contributed by atoms with van der Waals surface area (Å²) in [5.74, 6) is -0.972. The summed E-state index contributed by atoms with van der Waals surface area (Å²) in [5, 5.41) is 3.69. The molecule has 0 aliphatic heterocycles. The second-order valence-corrected chi connectivity index (χ2v) is 12.1. The minimum absolute atomic E-state index is 0.00341. The monoisotopic (exact) mass is 609 g/mol. The molecule has 0 heterocycles. The van der Waals surface area contributed by atoms with Gasteiger partial charge in [0.05, 0.1) is 25.7 Å². The summed E-state index contributed by atoms with van der Waals surface area (Å²) < 4.78 is 28.5. The van der Waals surface area contributed by atoms with Gasteiger partial charge in [0.15, 0.2) is 0 Å². The molecule has 3 aromatic carbocycles. The van der Waals surface area contributed by atoms with E-state index in [0.29, 0.717) is 22.0 Å². The Labute approximate surface area is 244 Å². The molecule has 0 aromatic heterocycles. The lowest BCUT2D eigenvalue weighted by atomic mass is 10.1. The summed E-state index contributed by atoms with van der Waals surface area (Å²) in [7, 11) is -4.20. The van der Waals surface area contributed by atoms with Crippen molar-refractivity contribution < 1.29 is 18.0 Å². The number of carbonyl (C=O) groups is 2. The van der Waals surface area contributed by atoms with E-state index < -0.39 is 28.5 Å². The van der Waals surface area contributed by atoms with Crippen LogP contribution in [-0.2, 0) is 26.2 Å². The first kappa shape index (κ1) is 30.8. The normalized spacial score (nSPS) is 12.9. The molecule has 0 spiro atoms. The Balaban J connectivity index is 2.04. The number of carbonyl (C=O) groups excluding carboxylic acids is 2. The van der Waals surface area contributed by atoms with Gasteiger partial charge in [-0.1, -0.05) is 78.1 Å². The van der Waals surface area contributed by atoms with Crippen molar-refractivity contribution >= 4 is 62.3 Å². The summed E-state index contributed by atoms with van der Waals surface area (Å²) in [6, 6.07) is 18.0. The standard InChI is InChI=1S/C28H30Cl3N3O4S/c1-4-19(2)32-28(36)20(3)33(17-21-14-15-23(29)25(31)16-21)27(35)18-34(26-13-9-8-12-24(26)30)39(37,38)22-10-6-5-7-11-22/h5-16,19-20H,4,17-18H2,1-3H3,(H,32,36). The fraction of sp³-hybridized carbons (Fsp3) is 0.286. The zero-order valence-electron chi connectivity index (χ0n) is 21.8. The number of benzene rings is 3. The molecular weight excluding hydrogens is 581 g/mol. The fourth-order valence-corrected chi connectivity index (χ4v) is 5.83. The van der Waals surface area contributed by atoms with Gasteiger partial charge in [0.25, 0.3) is 10.0 Å². The molecule has 208 valence electrons. The van der Waals surface area contributed by atoms with E-state index in [2.05, 4.69) is 5.32 Å². The summed E-state index contributed by atoms with van der Waals surface area (Å²) >= 11 is 18.7. The van der Waals surface area contributed by atoms with Crippen LogP contribution >= 0.6 is 34.8 Å². The van der Waals surface area contributed by atoms with Crippen LogP contribution in [0.3, 0.4) is 0 Å². The van der Waals surface area contributed by atoms with Crippen molar-refractivity contribution in [3.8, 4) is 0 Å². The highest BCUT2D eigenvalue weighted by Crippen LogP contribution is 2.31. The molecule has 0 radical (unpaired) electrons. The minimum Gasteiger partial charge on any atom is -0.352 e. The molecule has 2 atom stereocenters. The van der Waals surface area contributed by atoms with Crippen molar-refractivity contribution in [1.29, 1.82) is 0 Å². The molecule has 0 fully saturated rings. The van der Waals surface area contributed by atoms with Crippen molar-refractivity contribution in [2.45, 2.75) is 50.7 Å². The van der Waals surface area contributed by atoms with E-state index in [0.717, 1.165) is 4.31 Å². The average molecular weight is 611 g/mol. The Kier molecular flexibility index (Phi) is 10.7. The summed E-state index contributed by atoms with van der Waals surface area (Å²) in [6.07, 6.45) is 0.703. The highest BCUT2D eigenvalue weighted by atomic mass is 35.5. The lowest BCUT2D eigenvalue weighted by Gasteiger charge is -2.32. The molecule has 3 rings (SSSR count). The smallest absolute Gasteiger partial charge is 0.264 e. The molecule has 2 unspecified atom stereocenters. The number of nitrogens with zero attached hydrogens (tertiary/aromatic N) is 2. The molecule has 11 heteroatoms. The number of amides is 2. The third kappa shape index (κ3) is 7.66. The lowest BCUT2D eigenvalue weighted by molar-refractivity contribution is -0.139. The van der Waals surface area contributed by atoms with Crippen molar-refractivity contribution in [3.05, 3.63) is 93.4 Å². The number of sulfonamides is 1. The van der Waals surface area contributed by atoms with Crippen molar-refractivity contribution in [3.63, 3.8) is 0 Å². The van der Waals surface area contributed by atoms with Crippen molar-refractivity contribution in [2.24, 2.45) is 0 Å². The Morgan fingerprint density at radius 3 is 2.13 bits per heavy atom. The van der Waals surface area contributed by atoms with Crippen molar-refractivity contribution in [2.75, 3.05) is 10.8 Å². The average Bonchev–Trinajstić information content (AvgIpc) is 2.92. The van der Waals surface area contributed by atoms with Crippen LogP contribution in [0.25, 0.3) is 0 Å². The molecule has 1 N–H and O–H groups in total. The topological polar surface area (TPSA) is 86.8 Å². The summed E-state index contributed by atoms with van der Waals surface area (Å²) in [6.45, 7) is 4.79. The maximum atomic E-state index is 13.9. The largest absolute Gasteiger partial charge is 0.352 e. The van der Waals surface area contributed by atoms with Crippen LogP contribution in [0.1, 0.15) is 32.8 Å². The Bertz CT molecular complexity index is 1420. The van der Waals surface area contributed by atoms with Gasteiger partial charge in [-0.3, -0.25) is 13.9 Å². The van der Waals surface area contributed by atoms with Gasteiger partial charge in [-0.15, -0.1) is 0 Å². The van der Waals surface area contributed by atoms with Crippen LogP contribution in [0.15, 0.2) is 77.7 Å². The Morgan fingerprint density at radius 1 is 0.872 bits per heavy atom. The van der Waals surface area contributed by atoms with Gasteiger partial charge in [0.2, 0.25) is 11.8 Å². The first-order valence-corrected chi connectivity index (χ1v) is 14.9. The fourth-order valence-electron chi connectivity index (χ4n) is 3.77. The van der Waals surface area contributed by atoms with Gasteiger partial charge in [0.1, 0.15) is 12.6 Å². The van der Waals surface area contributed by atoms with Crippen LogP contribution < -0.4 is 9.62 Å². The van der Waals surface area contributed by atoms with Crippen LogP contribution in [0, 0.1) is 0 Å². The van der Waals surface area contributed by atoms with Crippen LogP contribution in [0.5, 0.6) is 0 Å². The molecule has 7 nitrogen and oxygen atoms in total. The van der Waals surface area contributed by atoms with Gasteiger partial charge in [-0.25, -0.2) is 8.42 Å². The number of hydrogen-bond donors (Lipinski definition) is 1. The third-order valence-corrected chi connectivity index (χ3v) is 9.07. The van der Waals surface area contributed by atoms with Crippen LogP contribution in [0.4, 0.5) is 5.69 Å². The van der Waals surface area contributed by atoms with E-state index in [1.807, 2.05) is 13.8 Å². The number of anilines is 1. The molecule has 0 saturated carbocycles. The second kappa shape index (κ2) is 13.5. The highest BCUT2D eigenvalue weighted by molar-refractivity contribution is 7.92. The van der Waals surface area contributed by atoms with E-state index in [1.165, 1.54) is 23.1 Å². The predicted molar refractivity (Wildman–Crippen MR) is 157 cm³/mol. The number of hydrogen-bond acceptors (Lipinski definition) is 4. The molecule has 3 aromatic rings. The maximum absolute atomic E-state index is 13.9. The lowest BCUT2D eigenvalue weighted by Crippen LogP contribution is -2.52. The minimum atomic E-state index is -4.20. The second-order valence-electron chi connectivity index (χ2n) is 9.04. The number of nitrogens with one attached hydrogen (secondary N) is 1. The molecule has 39 heavy (non-hydrogen) atoms. The molecule has 0 saturated heterocycles. The van der Waals surface area contributed by atoms with Gasteiger partial charge in [0, 0.05) is 12.6 Å². The van der Waals surface area contributed by atoms with Crippen molar-refractivity contribution in [1.82, 2.24) is 10.2 Å². The van der Waals surface area contributed by atoms with Gasteiger partial charge >= 0.3 is 0 Å². The van der Waals surface area contributed by atoms with E-state index in [1.54, 1.807) is 61.5 Å². The Morgan fingerprint density at radius 2 is 1.51 bits per heavy atom. The first-order valence-electron chi connectivity index (χ1n) is 12.3. The molecule has 0 aliphatic rings. The third-order valence-electron chi connectivity index (χ3n) is 6.24. The summed E-state index contributed by atoms with van der Waals surface area (Å²) in [5.41, 5.74) is 0.763. The maximum Gasteiger partial charge on any atom is 0.264 e. The van der Waals surface area contributed by atoms with E-state index in [9.17, 15) is 18.0 Å². The molecule has 0 aliphatic carbocycles. The van der Waals surface area contributed by atoms with Gasteiger partial charge in [-0.05, 0) is 62.2 Å². The van der Waals surface area contributed by atoms with E-state index >= 15 is 0 Å². The predicted octanol–water partition coefficient (Wildman–Crippen LogP) is 6.17. The number of halogens is 3. The van der Waals surface area contributed by atoms with Crippen LogP contribution in [-0.4, -0.2) is 43.8 Å². The van der Waals surface area contributed by atoms with E-state index in [-0.39, 0.29) is 34.1 Å². The van der Waals surface area contributed by atoms with Gasteiger partial charge < -0.3 is 10.2 Å². The number of rotatable bonds is 11. The quantitative estimate of drug-likeness (QED) is 0.281.